The predicted octanol–water partition coefficient (Wildman–Crippen LogP) is 4.65. The molecule has 0 saturated carbocycles. The van der Waals surface area contributed by atoms with Gasteiger partial charge in [-0.1, -0.05) is 17.7 Å². The van der Waals surface area contributed by atoms with Crippen molar-refractivity contribution >= 4 is 44.4 Å². The molecular weight excluding hydrogens is 432 g/mol. The Labute approximate surface area is 167 Å². The fourth-order valence-electron chi connectivity index (χ4n) is 2.33. The van der Waals surface area contributed by atoms with Gasteiger partial charge >= 0.3 is 10.1 Å². The van der Waals surface area contributed by atoms with E-state index in [-0.39, 0.29) is 22.0 Å². The van der Waals surface area contributed by atoms with Crippen molar-refractivity contribution in [2.75, 3.05) is 0 Å². The van der Waals surface area contributed by atoms with Crippen LogP contribution in [0.5, 0.6) is 5.75 Å². The number of halogens is 1. The first-order chi connectivity index (χ1) is 13.2. The van der Waals surface area contributed by atoms with Gasteiger partial charge in [0.15, 0.2) is 10.6 Å². The Bertz CT molecular complexity index is 1180. The summed E-state index contributed by atoms with van der Waals surface area (Å²) in [6.45, 7) is 0. The molecular formula is C16H9ClN2O7S2. The number of thiophene rings is 1. The quantitative estimate of drug-likeness (QED) is 0.309. The molecule has 0 fully saturated rings. The molecule has 3 aromatic rings. The van der Waals surface area contributed by atoms with E-state index in [9.17, 15) is 28.6 Å². The van der Waals surface area contributed by atoms with Crippen LogP contribution in [0, 0.1) is 20.2 Å². The average molecular weight is 441 g/mol. The highest BCUT2D eigenvalue weighted by molar-refractivity contribution is 7.87. The molecule has 0 aliphatic rings. The molecule has 0 aliphatic carbocycles. The lowest BCUT2D eigenvalue weighted by molar-refractivity contribution is -0.387. The zero-order valence-electron chi connectivity index (χ0n) is 13.6. The van der Waals surface area contributed by atoms with Gasteiger partial charge in [-0.05, 0) is 29.6 Å². The molecule has 0 atom stereocenters. The van der Waals surface area contributed by atoms with Gasteiger partial charge in [0.05, 0.1) is 9.85 Å². The summed E-state index contributed by atoms with van der Waals surface area (Å²) in [5.74, 6) is -0.206. The standard InChI is InChI=1S/C16H9ClN2O7S2/c17-10-3-5-13(19(22)23)16(8-10)28(24,25)26-14-6-4-11(18(20)21)9-12(14)15-2-1-7-27-15/h1-9H. The smallest absolute Gasteiger partial charge is 0.346 e. The highest BCUT2D eigenvalue weighted by atomic mass is 35.5. The maximum atomic E-state index is 12.7. The molecule has 0 bridgehead atoms. The maximum Gasteiger partial charge on any atom is 0.346 e. The zero-order valence-corrected chi connectivity index (χ0v) is 16.0. The van der Waals surface area contributed by atoms with E-state index < -0.39 is 30.5 Å². The van der Waals surface area contributed by atoms with Gasteiger partial charge in [-0.15, -0.1) is 11.3 Å². The molecule has 28 heavy (non-hydrogen) atoms. The van der Waals surface area contributed by atoms with Crippen LogP contribution in [0.3, 0.4) is 0 Å². The van der Waals surface area contributed by atoms with Crippen molar-refractivity contribution in [3.05, 3.63) is 79.2 Å². The van der Waals surface area contributed by atoms with Gasteiger partial charge in [-0.3, -0.25) is 20.2 Å². The van der Waals surface area contributed by atoms with E-state index in [1.165, 1.54) is 23.5 Å². The first-order valence-corrected chi connectivity index (χ1v) is 10.1. The monoisotopic (exact) mass is 440 g/mol. The van der Waals surface area contributed by atoms with Crippen LogP contribution in [0.1, 0.15) is 0 Å². The summed E-state index contributed by atoms with van der Waals surface area (Å²) >= 11 is 7.00. The molecule has 2 aromatic carbocycles. The number of hydrogen-bond acceptors (Lipinski definition) is 8. The number of nitrogens with zero attached hydrogens (tertiary/aromatic N) is 2. The fourth-order valence-corrected chi connectivity index (χ4v) is 4.46. The third-order valence-electron chi connectivity index (χ3n) is 3.55. The Morgan fingerprint density at radius 2 is 1.75 bits per heavy atom. The molecule has 0 N–H and O–H groups in total. The number of non-ortho nitro benzene ring substituents is 1. The first kappa shape index (κ1) is 19.7. The normalized spacial score (nSPS) is 11.2. The Morgan fingerprint density at radius 3 is 2.36 bits per heavy atom. The second-order valence-electron chi connectivity index (χ2n) is 5.32. The van der Waals surface area contributed by atoms with Gasteiger partial charge < -0.3 is 4.18 Å². The van der Waals surface area contributed by atoms with Crippen LogP contribution in [0.2, 0.25) is 5.02 Å². The third-order valence-corrected chi connectivity index (χ3v) is 5.95. The number of benzene rings is 2. The van der Waals surface area contributed by atoms with Crippen LogP contribution in [-0.4, -0.2) is 18.3 Å². The van der Waals surface area contributed by atoms with Crippen LogP contribution in [0.15, 0.2) is 58.8 Å². The van der Waals surface area contributed by atoms with Crippen molar-refractivity contribution < 1.29 is 22.4 Å². The van der Waals surface area contributed by atoms with Gasteiger partial charge in [0.1, 0.15) is 0 Å². The van der Waals surface area contributed by atoms with Crippen molar-refractivity contribution in [3.8, 4) is 16.2 Å². The minimum absolute atomic E-state index is 0.0324. The predicted molar refractivity (Wildman–Crippen MR) is 102 cm³/mol. The molecule has 0 amide bonds. The van der Waals surface area contributed by atoms with E-state index in [1.54, 1.807) is 17.5 Å². The van der Waals surface area contributed by atoms with Crippen molar-refractivity contribution in [3.63, 3.8) is 0 Å². The van der Waals surface area contributed by atoms with E-state index in [0.717, 1.165) is 24.3 Å². The SMILES string of the molecule is O=[N+]([O-])c1ccc(OS(=O)(=O)c2cc(Cl)ccc2[N+](=O)[O-])c(-c2cccs2)c1. The summed E-state index contributed by atoms with van der Waals surface area (Å²) < 4.78 is 30.5. The molecule has 12 heteroatoms. The Balaban J connectivity index is 2.13. The lowest BCUT2D eigenvalue weighted by Crippen LogP contribution is -2.12. The van der Waals surface area contributed by atoms with Crippen LogP contribution in [0.25, 0.3) is 10.4 Å². The number of nitro benzene ring substituents is 2. The summed E-state index contributed by atoms with van der Waals surface area (Å²) in [5, 5.41) is 23.9. The molecule has 0 aliphatic heterocycles. The largest absolute Gasteiger partial charge is 0.378 e. The molecule has 0 radical (unpaired) electrons. The van der Waals surface area contributed by atoms with Crippen LogP contribution in [-0.2, 0) is 10.1 Å². The van der Waals surface area contributed by atoms with Crippen molar-refractivity contribution in [1.82, 2.24) is 0 Å². The second-order valence-corrected chi connectivity index (χ2v) is 8.22. The lowest BCUT2D eigenvalue weighted by atomic mass is 10.1. The highest BCUT2D eigenvalue weighted by Gasteiger charge is 2.29. The molecule has 0 saturated heterocycles. The van der Waals surface area contributed by atoms with Gasteiger partial charge in [-0.25, -0.2) is 0 Å². The minimum Gasteiger partial charge on any atom is -0.378 e. The van der Waals surface area contributed by atoms with Crippen molar-refractivity contribution in [1.29, 1.82) is 0 Å². The maximum absolute atomic E-state index is 12.7. The summed E-state index contributed by atoms with van der Waals surface area (Å²) in [6.07, 6.45) is 0. The van der Waals surface area contributed by atoms with Crippen molar-refractivity contribution in [2.45, 2.75) is 4.90 Å². The van der Waals surface area contributed by atoms with E-state index in [4.69, 9.17) is 15.8 Å². The molecule has 0 spiro atoms. The van der Waals surface area contributed by atoms with E-state index in [0.29, 0.717) is 4.88 Å². The Kier molecular flexibility index (Phi) is 5.31. The number of hydrogen-bond donors (Lipinski definition) is 0. The van der Waals surface area contributed by atoms with E-state index in [1.807, 2.05) is 0 Å². The topological polar surface area (TPSA) is 130 Å². The van der Waals surface area contributed by atoms with Crippen LogP contribution in [0.4, 0.5) is 11.4 Å². The lowest BCUT2D eigenvalue weighted by Gasteiger charge is -2.11. The van der Waals surface area contributed by atoms with Gasteiger partial charge in [0.25, 0.3) is 11.4 Å². The molecule has 3 rings (SSSR count). The van der Waals surface area contributed by atoms with Crippen LogP contribution >= 0.6 is 22.9 Å². The van der Waals surface area contributed by atoms with E-state index >= 15 is 0 Å². The molecule has 1 aromatic heterocycles. The Hall–Kier alpha value is -3.02. The van der Waals surface area contributed by atoms with Crippen molar-refractivity contribution in [2.24, 2.45) is 0 Å². The zero-order chi connectivity index (χ0) is 20.5. The molecule has 144 valence electrons. The molecule has 1 heterocycles. The highest BCUT2D eigenvalue weighted by Crippen LogP contribution is 2.38. The summed E-state index contributed by atoms with van der Waals surface area (Å²) in [5.41, 5.74) is -0.802. The summed E-state index contributed by atoms with van der Waals surface area (Å²) in [7, 11) is -4.65. The summed E-state index contributed by atoms with van der Waals surface area (Å²) in [4.78, 5) is 20.5. The summed E-state index contributed by atoms with van der Waals surface area (Å²) in [6, 6.07) is 9.73. The Morgan fingerprint density at radius 1 is 1.00 bits per heavy atom. The fraction of sp³-hybridized carbons (Fsp3) is 0. The molecule has 9 nitrogen and oxygen atoms in total. The van der Waals surface area contributed by atoms with Crippen LogP contribution < -0.4 is 4.18 Å². The molecule has 0 unspecified atom stereocenters. The third kappa shape index (κ3) is 3.96. The number of rotatable bonds is 6. The van der Waals surface area contributed by atoms with Gasteiger partial charge in [0.2, 0.25) is 0 Å². The van der Waals surface area contributed by atoms with E-state index in [2.05, 4.69) is 0 Å². The minimum atomic E-state index is -4.65. The average Bonchev–Trinajstić information content (AvgIpc) is 3.15. The second kappa shape index (κ2) is 7.54. The first-order valence-electron chi connectivity index (χ1n) is 7.40. The number of nitro groups is 2. The van der Waals surface area contributed by atoms with Gasteiger partial charge in [0, 0.05) is 33.7 Å². The van der Waals surface area contributed by atoms with Gasteiger partial charge in [-0.2, -0.15) is 8.42 Å².